The second-order valence-corrected chi connectivity index (χ2v) is 5.22. The molecule has 0 saturated carbocycles. The van der Waals surface area contributed by atoms with Crippen molar-refractivity contribution in [3.8, 4) is 11.1 Å². The molecular formula is C12H17N3S. The van der Waals surface area contributed by atoms with E-state index in [-0.39, 0.29) is 0 Å². The van der Waals surface area contributed by atoms with Crippen LogP contribution >= 0.6 is 11.3 Å². The lowest BCUT2D eigenvalue weighted by atomic mass is 10.0. The maximum absolute atomic E-state index is 5.75. The van der Waals surface area contributed by atoms with Crippen molar-refractivity contribution in [3.63, 3.8) is 0 Å². The third-order valence-electron chi connectivity index (χ3n) is 2.63. The number of hydrogen-bond acceptors (Lipinski definition) is 3. The predicted molar refractivity (Wildman–Crippen MR) is 68.5 cm³/mol. The van der Waals surface area contributed by atoms with Gasteiger partial charge in [-0.05, 0) is 17.4 Å². The first-order valence-electron chi connectivity index (χ1n) is 5.43. The largest absolute Gasteiger partial charge is 0.326 e. The molecule has 16 heavy (non-hydrogen) atoms. The van der Waals surface area contributed by atoms with Crippen molar-refractivity contribution in [2.75, 3.05) is 0 Å². The Bertz CT molecular complexity index is 482. The van der Waals surface area contributed by atoms with E-state index < -0.39 is 0 Å². The molecule has 0 aliphatic rings. The van der Waals surface area contributed by atoms with Gasteiger partial charge in [0.05, 0.1) is 5.69 Å². The van der Waals surface area contributed by atoms with Gasteiger partial charge in [-0.1, -0.05) is 13.8 Å². The third kappa shape index (κ3) is 1.90. The lowest BCUT2D eigenvalue weighted by Crippen LogP contribution is -1.97. The summed E-state index contributed by atoms with van der Waals surface area (Å²) in [6.45, 7) is 4.93. The van der Waals surface area contributed by atoms with E-state index >= 15 is 0 Å². The van der Waals surface area contributed by atoms with Gasteiger partial charge >= 0.3 is 0 Å². The number of aromatic nitrogens is 2. The van der Waals surface area contributed by atoms with Crippen LogP contribution in [0, 0.1) is 0 Å². The zero-order valence-corrected chi connectivity index (χ0v) is 10.7. The highest BCUT2D eigenvalue weighted by atomic mass is 32.1. The van der Waals surface area contributed by atoms with Crippen LogP contribution in [0.5, 0.6) is 0 Å². The zero-order chi connectivity index (χ0) is 11.7. The fourth-order valence-electron chi connectivity index (χ4n) is 1.88. The Balaban J connectivity index is 2.55. The Morgan fingerprint density at radius 2 is 2.19 bits per heavy atom. The molecule has 2 N–H and O–H groups in total. The SMILES string of the molecule is CC(C)c1nn(C)cc1-c1ccsc1CN. The van der Waals surface area contributed by atoms with Gasteiger partial charge in [0.15, 0.2) is 0 Å². The normalized spacial score (nSPS) is 11.3. The molecule has 0 aromatic carbocycles. The van der Waals surface area contributed by atoms with Crippen LogP contribution < -0.4 is 5.73 Å². The Morgan fingerprint density at radius 3 is 2.81 bits per heavy atom. The predicted octanol–water partition coefficient (Wildman–Crippen LogP) is 2.73. The van der Waals surface area contributed by atoms with Gasteiger partial charge in [0, 0.05) is 35.8 Å². The van der Waals surface area contributed by atoms with E-state index in [0.717, 1.165) is 5.69 Å². The van der Waals surface area contributed by atoms with Crippen molar-refractivity contribution in [1.29, 1.82) is 0 Å². The summed E-state index contributed by atoms with van der Waals surface area (Å²) in [5.41, 5.74) is 9.36. The number of rotatable bonds is 3. The maximum atomic E-state index is 5.75. The van der Waals surface area contributed by atoms with Crippen molar-refractivity contribution in [1.82, 2.24) is 9.78 Å². The van der Waals surface area contributed by atoms with Gasteiger partial charge in [0.1, 0.15) is 0 Å². The molecule has 0 fully saturated rings. The first kappa shape index (κ1) is 11.4. The van der Waals surface area contributed by atoms with Gasteiger partial charge in [-0.3, -0.25) is 4.68 Å². The summed E-state index contributed by atoms with van der Waals surface area (Å²) in [4.78, 5) is 1.23. The highest BCUT2D eigenvalue weighted by Crippen LogP contribution is 2.33. The zero-order valence-electron chi connectivity index (χ0n) is 9.90. The fraction of sp³-hybridized carbons (Fsp3) is 0.417. The standard InChI is InChI=1S/C12H17N3S/c1-8(2)12-10(7-15(3)14-12)9-4-5-16-11(9)6-13/h4-5,7-8H,6,13H2,1-3H3. The van der Waals surface area contributed by atoms with E-state index in [1.165, 1.54) is 16.0 Å². The van der Waals surface area contributed by atoms with E-state index in [9.17, 15) is 0 Å². The molecule has 0 atom stereocenters. The summed E-state index contributed by atoms with van der Waals surface area (Å²) < 4.78 is 1.88. The summed E-state index contributed by atoms with van der Waals surface area (Å²) in [5.74, 6) is 0.432. The quantitative estimate of drug-likeness (QED) is 0.889. The van der Waals surface area contributed by atoms with Crippen molar-refractivity contribution in [2.45, 2.75) is 26.3 Å². The maximum Gasteiger partial charge on any atom is 0.0728 e. The molecule has 0 spiro atoms. The van der Waals surface area contributed by atoms with E-state index in [1.807, 2.05) is 11.7 Å². The Kier molecular flexibility index (Phi) is 3.12. The van der Waals surface area contributed by atoms with Gasteiger partial charge < -0.3 is 5.73 Å². The monoisotopic (exact) mass is 235 g/mol. The van der Waals surface area contributed by atoms with E-state index in [2.05, 4.69) is 36.6 Å². The van der Waals surface area contributed by atoms with E-state index in [4.69, 9.17) is 5.73 Å². The molecule has 0 radical (unpaired) electrons. The summed E-state index contributed by atoms with van der Waals surface area (Å²) in [7, 11) is 1.96. The number of aryl methyl sites for hydroxylation is 1. The smallest absolute Gasteiger partial charge is 0.0728 e. The summed E-state index contributed by atoms with van der Waals surface area (Å²) >= 11 is 1.71. The number of thiophene rings is 1. The molecule has 3 nitrogen and oxygen atoms in total. The Hall–Kier alpha value is -1.13. The summed E-state index contributed by atoms with van der Waals surface area (Å²) in [6.07, 6.45) is 2.08. The van der Waals surface area contributed by atoms with Crippen molar-refractivity contribution in [3.05, 3.63) is 28.2 Å². The lowest BCUT2D eigenvalue weighted by Gasteiger charge is -2.05. The molecule has 0 saturated heterocycles. The van der Waals surface area contributed by atoms with Crippen LogP contribution in [0.2, 0.25) is 0 Å². The molecule has 0 aliphatic heterocycles. The fourth-order valence-corrected chi connectivity index (χ4v) is 2.65. The first-order valence-corrected chi connectivity index (χ1v) is 6.31. The molecule has 4 heteroatoms. The first-order chi connectivity index (χ1) is 7.63. The molecule has 0 aliphatic carbocycles. The second kappa shape index (κ2) is 4.39. The molecule has 2 rings (SSSR count). The highest BCUT2D eigenvalue weighted by Gasteiger charge is 2.15. The van der Waals surface area contributed by atoms with Crippen LogP contribution in [0.3, 0.4) is 0 Å². The topological polar surface area (TPSA) is 43.8 Å². The number of hydrogen-bond donors (Lipinski definition) is 1. The molecule has 0 amide bonds. The van der Waals surface area contributed by atoms with Gasteiger partial charge in [-0.15, -0.1) is 11.3 Å². The van der Waals surface area contributed by atoms with Crippen LogP contribution in [-0.2, 0) is 13.6 Å². The average molecular weight is 235 g/mol. The van der Waals surface area contributed by atoms with Gasteiger partial charge in [0.2, 0.25) is 0 Å². The van der Waals surface area contributed by atoms with Crippen LogP contribution in [0.1, 0.15) is 30.3 Å². The molecule has 0 bridgehead atoms. The van der Waals surface area contributed by atoms with Gasteiger partial charge in [-0.2, -0.15) is 5.10 Å². The Morgan fingerprint density at radius 1 is 1.44 bits per heavy atom. The lowest BCUT2D eigenvalue weighted by molar-refractivity contribution is 0.713. The molecule has 2 aromatic heterocycles. The molecule has 86 valence electrons. The van der Waals surface area contributed by atoms with Gasteiger partial charge in [0.25, 0.3) is 0 Å². The van der Waals surface area contributed by atoms with E-state index in [0.29, 0.717) is 12.5 Å². The highest BCUT2D eigenvalue weighted by molar-refractivity contribution is 7.10. The second-order valence-electron chi connectivity index (χ2n) is 4.22. The molecule has 2 aromatic rings. The summed E-state index contributed by atoms with van der Waals surface area (Å²) in [6, 6.07) is 2.13. The van der Waals surface area contributed by atoms with Crippen LogP contribution in [0.25, 0.3) is 11.1 Å². The summed E-state index contributed by atoms with van der Waals surface area (Å²) in [5, 5.41) is 6.61. The molecule has 2 heterocycles. The number of nitrogens with two attached hydrogens (primary N) is 1. The van der Waals surface area contributed by atoms with Crippen molar-refractivity contribution in [2.24, 2.45) is 12.8 Å². The minimum absolute atomic E-state index is 0.432. The number of nitrogens with zero attached hydrogens (tertiary/aromatic N) is 2. The van der Waals surface area contributed by atoms with Crippen LogP contribution in [-0.4, -0.2) is 9.78 Å². The van der Waals surface area contributed by atoms with Crippen LogP contribution in [0.15, 0.2) is 17.6 Å². The van der Waals surface area contributed by atoms with Gasteiger partial charge in [-0.25, -0.2) is 0 Å². The van der Waals surface area contributed by atoms with Crippen molar-refractivity contribution >= 4 is 11.3 Å². The Labute approximate surface area is 99.9 Å². The molecule has 0 unspecified atom stereocenters. The van der Waals surface area contributed by atoms with Crippen molar-refractivity contribution < 1.29 is 0 Å². The third-order valence-corrected chi connectivity index (χ3v) is 3.57. The van der Waals surface area contributed by atoms with Crippen LogP contribution in [0.4, 0.5) is 0 Å². The average Bonchev–Trinajstić information content (AvgIpc) is 2.82. The van der Waals surface area contributed by atoms with E-state index in [1.54, 1.807) is 11.3 Å². The minimum atomic E-state index is 0.432. The molecular weight excluding hydrogens is 218 g/mol. The minimum Gasteiger partial charge on any atom is -0.326 e.